The summed E-state index contributed by atoms with van der Waals surface area (Å²) >= 11 is 0. The van der Waals surface area contributed by atoms with Crippen molar-refractivity contribution in [1.82, 2.24) is 0 Å². The third kappa shape index (κ3) is 2.92. The number of hydrogen-bond donors (Lipinski definition) is 3. The molecule has 0 aromatic heterocycles. The van der Waals surface area contributed by atoms with Crippen molar-refractivity contribution < 1.29 is 13.5 Å². The number of anilines is 1. The molecule has 0 heterocycles. The monoisotopic (exact) mass is 202 g/mol. The summed E-state index contributed by atoms with van der Waals surface area (Å²) in [6.07, 6.45) is 0. The Morgan fingerprint density at radius 2 is 2.00 bits per heavy atom. The van der Waals surface area contributed by atoms with Crippen molar-refractivity contribution in [3.63, 3.8) is 0 Å². The zero-order valence-corrected chi connectivity index (χ0v) is 7.58. The van der Waals surface area contributed by atoms with Crippen LogP contribution < -0.4 is 10.9 Å². The molecule has 1 rings (SSSR count). The van der Waals surface area contributed by atoms with Gasteiger partial charge in [-0.05, 0) is 17.7 Å². The topological polar surface area (TPSA) is 106 Å². The van der Waals surface area contributed by atoms with Gasteiger partial charge in [-0.1, -0.05) is 6.07 Å². The van der Waals surface area contributed by atoms with Crippen molar-refractivity contribution in [2.45, 2.75) is 5.75 Å². The predicted molar refractivity (Wildman–Crippen MR) is 49.3 cm³/mol. The molecule has 0 bridgehead atoms. The van der Waals surface area contributed by atoms with E-state index in [0.717, 1.165) is 0 Å². The van der Waals surface area contributed by atoms with Crippen LogP contribution in [0, 0.1) is 0 Å². The van der Waals surface area contributed by atoms with Crippen molar-refractivity contribution in [1.29, 1.82) is 0 Å². The number of hydrogen-bond acceptors (Lipinski definition) is 4. The molecule has 0 fully saturated rings. The van der Waals surface area contributed by atoms with Crippen molar-refractivity contribution in [2.75, 3.05) is 5.73 Å². The Morgan fingerprint density at radius 3 is 2.46 bits per heavy atom. The van der Waals surface area contributed by atoms with Crippen molar-refractivity contribution in [3.8, 4) is 5.75 Å². The Kier molecular flexibility index (Phi) is 2.44. The third-order valence-corrected chi connectivity index (χ3v) is 2.20. The SMILES string of the molecule is Nc1cc(CS(N)(=O)=O)ccc1O. The van der Waals surface area contributed by atoms with Crippen molar-refractivity contribution >= 4 is 15.7 Å². The summed E-state index contributed by atoms with van der Waals surface area (Å²) in [4.78, 5) is 0. The van der Waals surface area contributed by atoms with Gasteiger partial charge in [0.1, 0.15) is 5.75 Å². The molecule has 1 aromatic rings. The molecule has 0 unspecified atom stereocenters. The number of sulfonamides is 1. The number of aromatic hydroxyl groups is 1. The third-order valence-electron chi connectivity index (χ3n) is 1.46. The van der Waals surface area contributed by atoms with E-state index in [0.29, 0.717) is 5.56 Å². The van der Waals surface area contributed by atoms with Crippen LogP contribution in [0.15, 0.2) is 18.2 Å². The summed E-state index contributed by atoms with van der Waals surface area (Å²) in [5.41, 5.74) is 5.95. The summed E-state index contributed by atoms with van der Waals surface area (Å²) in [5.74, 6) is -0.351. The molecule has 0 saturated heterocycles. The van der Waals surface area contributed by atoms with Gasteiger partial charge >= 0.3 is 0 Å². The van der Waals surface area contributed by atoms with Crippen LogP contribution in [0.3, 0.4) is 0 Å². The van der Waals surface area contributed by atoms with Gasteiger partial charge in [-0.3, -0.25) is 0 Å². The average Bonchev–Trinajstić information content (AvgIpc) is 1.94. The summed E-state index contributed by atoms with van der Waals surface area (Å²) in [7, 11) is -3.54. The van der Waals surface area contributed by atoms with Gasteiger partial charge in [0.2, 0.25) is 10.0 Å². The number of phenolic OH excluding ortho intramolecular Hbond substituents is 1. The Labute approximate surface area is 76.0 Å². The molecule has 0 aliphatic rings. The predicted octanol–water partition coefficient (Wildman–Crippen LogP) is -0.237. The maximum absolute atomic E-state index is 10.7. The zero-order chi connectivity index (χ0) is 10.1. The van der Waals surface area contributed by atoms with Gasteiger partial charge in [-0.15, -0.1) is 0 Å². The maximum atomic E-state index is 10.7. The first-order chi connectivity index (χ1) is 5.88. The number of nitrogens with two attached hydrogens (primary N) is 2. The molecular formula is C7H10N2O3S. The van der Waals surface area contributed by atoms with Crippen LogP contribution in [-0.2, 0) is 15.8 Å². The quantitative estimate of drug-likeness (QED) is 0.454. The van der Waals surface area contributed by atoms with Crippen molar-refractivity contribution in [3.05, 3.63) is 23.8 Å². The van der Waals surface area contributed by atoms with Crippen LogP contribution >= 0.6 is 0 Å². The van der Waals surface area contributed by atoms with E-state index in [2.05, 4.69) is 0 Å². The molecule has 0 aliphatic carbocycles. The standard InChI is InChI=1S/C7H10N2O3S/c8-6-3-5(1-2-7(6)10)4-13(9,11)12/h1-3,10H,4,8H2,(H2,9,11,12). The summed E-state index contributed by atoms with van der Waals surface area (Å²) in [5, 5.41) is 13.9. The zero-order valence-electron chi connectivity index (χ0n) is 6.77. The van der Waals surface area contributed by atoms with Gasteiger partial charge in [-0.2, -0.15) is 0 Å². The highest BCUT2D eigenvalue weighted by Gasteiger charge is 2.06. The Bertz CT molecular complexity index is 414. The van der Waals surface area contributed by atoms with E-state index in [4.69, 9.17) is 16.0 Å². The molecule has 0 atom stereocenters. The molecule has 5 N–H and O–H groups in total. The van der Waals surface area contributed by atoms with Gasteiger partial charge in [-0.25, -0.2) is 13.6 Å². The largest absolute Gasteiger partial charge is 0.506 e. The normalized spacial score (nSPS) is 11.5. The number of primary sulfonamides is 1. The molecule has 1 aromatic carbocycles. The first-order valence-electron chi connectivity index (χ1n) is 3.46. The van der Waals surface area contributed by atoms with Crippen LogP contribution in [0.2, 0.25) is 0 Å². The van der Waals surface area contributed by atoms with E-state index in [1.54, 1.807) is 0 Å². The number of benzene rings is 1. The number of phenols is 1. The van der Waals surface area contributed by atoms with Crippen LogP contribution in [0.5, 0.6) is 5.75 Å². The first-order valence-corrected chi connectivity index (χ1v) is 5.18. The molecule has 72 valence electrons. The molecule has 13 heavy (non-hydrogen) atoms. The van der Waals surface area contributed by atoms with Crippen LogP contribution in [0.1, 0.15) is 5.56 Å². The summed E-state index contributed by atoms with van der Waals surface area (Å²) in [6, 6.07) is 4.16. The molecule has 0 aliphatic heterocycles. The highest BCUT2D eigenvalue weighted by Crippen LogP contribution is 2.20. The fraction of sp³-hybridized carbons (Fsp3) is 0.143. The van der Waals surface area contributed by atoms with E-state index in [9.17, 15) is 8.42 Å². The smallest absolute Gasteiger partial charge is 0.213 e. The van der Waals surface area contributed by atoms with E-state index in [1.165, 1.54) is 18.2 Å². The lowest BCUT2D eigenvalue weighted by molar-refractivity contribution is 0.478. The van der Waals surface area contributed by atoms with Crippen LogP contribution in [-0.4, -0.2) is 13.5 Å². The second-order valence-corrected chi connectivity index (χ2v) is 4.31. The van der Waals surface area contributed by atoms with Gasteiger partial charge in [0.15, 0.2) is 0 Å². The lowest BCUT2D eigenvalue weighted by Crippen LogP contribution is -2.14. The lowest BCUT2D eigenvalue weighted by atomic mass is 10.2. The molecule has 5 nitrogen and oxygen atoms in total. The minimum atomic E-state index is -3.54. The maximum Gasteiger partial charge on any atom is 0.213 e. The second-order valence-electron chi connectivity index (χ2n) is 2.70. The van der Waals surface area contributed by atoms with Crippen LogP contribution in [0.4, 0.5) is 5.69 Å². The summed E-state index contributed by atoms with van der Waals surface area (Å²) in [6.45, 7) is 0. The van der Waals surface area contributed by atoms with Gasteiger partial charge in [0.05, 0.1) is 11.4 Å². The lowest BCUT2D eigenvalue weighted by Gasteiger charge is -2.02. The average molecular weight is 202 g/mol. The van der Waals surface area contributed by atoms with Gasteiger partial charge < -0.3 is 10.8 Å². The molecule has 6 heteroatoms. The Balaban J connectivity index is 2.99. The van der Waals surface area contributed by atoms with Gasteiger partial charge in [0, 0.05) is 0 Å². The fourth-order valence-corrected chi connectivity index (χ4v) is 1.57. The Hall–Kier alpha value is -1.27. The molecule has 0 amide bonds. The Morgan fingerprint density at radius 1 is 1.38 bits per heavy atom. The number of rotatable bonds is 2. The highest BCUT2D eigenvalue weighted by molar-refractivity contribution is 7.88. The molecular weight excluding hydrogens is 192 g/mol. The number of nitrogen functional groups attached to an aromatic ring is 1. The fourth-order valence-electron chi connectivity index (χ4n) is 0.926. The first kappa shape index (κ1) is 9.82. The summed E-state index contributed by atoms with van der Waals surface area (Å²) < 4.78 is 21.3. The molecule has 0 radical (unpaired) electrons. The highest BCUT2D eigenvalue weighted by atomic mass is 32.2. The van der Waals surface area contributed by atoms with E-state index < -0.39 is 10.0 Å². The molecule has 0 spiro atoms. The van der Waals surface area contributed by atoms with Crippen molar-refractivity contribution in [2.24, 2.45) is 5.14 Å². The van der Waals surface area contributed by atoms with E-state index in [-0.39, 0.29) is 17.2 Å². The minimum absolute atomic E-state index is 0.0711. The minimum Gasteiger partial charge on any atom is -0.506 e. The van der Waals surface area contributed by atoms with E-state index in [1.807, 2.05) is 0 Å². The second kappa shape index (κ2) is 3.23. The molecule has 0 saturated carbocycles. The van der Waals surface area contributed by atoms with Gasteiger partial charge in [0.25, 0.3) is 0 Å². The van der Waals surface area contributed by atoms with E-state index >= 15 is 0 Å². The van der Waals surface area contributed by atoms with Crippen LogP contribution in [0.25, 0.3) is 0 Å².